The first kappa shape index (κ1) is 19.5. The first-order chi connectivity index (χ1) is 14.5. The van der Waals surface area contributed by atoms with E-state index in [-0.39, 0.29) is 18.0 Å². The van der Waals surface area contributed by atoms with Gasteiger partial charge in [0.1, 0.15) is 12.1 Å². The summed E-state index contributed by atoms with van der Waals surface area (Å²) in [6.07, 6.45) is 3.04. The van der Waals surface area contributed by atoms with Gasteiger partial charge >= 0.3 is 0 Å². The zero-order valence-electron chi connectivity index (χ0n) is 15.7. The second-order valence-electron chi connectivity index (χ2n) is 6.12. The number of amides is 1. The summed E-state index contributed by atoms with van der Waals surface area (Å²) in [6.45, 7) is -0.255. The summed E-state index contributed by atoms with van der Waals surface area (Å²) in [5, 5.41) is 6.50. The SMILES string of the molecule is COc1cc(/C=c2\sc3ncnn3c2=O)ccc1OCC(=O)Nc1ccc(F)cc1. The Balaban J connectivity index is 1.48. The Bertz CT molecular complexity index is 1320. The molecule has 0 aliphatic heterocycles. The molecule has 30 heavy (non-hydrogen) atoms. The molecule has 0 saturated heterocycles. The lowest BCUT2D eigenvalue weighted by molar-refractivity contribution is -0.118. The molecule has 2 aromatic heterocycles. The summed E-state index contributed by atoms with van der Waals surface area (Å²) in [7, 11) is 1.48. The number of benzene rings is 2. The molecule has 0 aliphatic carbocycles. The zero-order chi connectivity index (χ0) is 21.1. The summed E-state index contributed by atoms with van der Waals surface area (Å²) in [5.74, 6) is -0.00766. The van der Waals surface area contributed by atoms with Gasteiger partial charge in [-0.15, -0.1) is 0 Å². The number of nitrogens with one attached hydrogen (secondary N) is 1. The number of fused-ring (bicyclic) bond motifs is 1. The van der Waals surface area contributed by atoms with E-state index in [0.29, 0.717) is 26.7 Å². The minimum atomic E-state index is -0.398. The van der Waals surface area contributed by atoms with Crippen molar-refractivity contribution < 1.29 is 18.7 Å². The van der Waals surface area contributed by atoms with Gasteiger partial charge in [0.15, 0.2) is 18.1 Å². The fourth-order valence-corrected chi connectivity index (χ4v) is 3.58. The molecule has 0 atom stereocenters. The maximum Gasteiger partial charge on any atom is 0.291 e. The molecule has 10 heteroatoms. The number of carbonyl (C=O) groups is 1. The van der Waals surface area contributed by atoms with Crippen LogP contribution in [0.5, 0.6) is 11.5 Å². The van der Waals surface area contributed by atoms with E-state index < -0.39 is 5.91 Å². The molecule has 152 valence electrons. The van der Waals surface area contributed by atoms with Gasteiger partial charge in [-0.1, -0.05) is 17.4 Å². The molecule has 0 saturated carbocycles. The third-order valence-corrected chi connectivity index (χ3v) is 5.07. The summed E-state index contributed by atoms with van der Waals surface area (Å²) in [4.78, 5) is 28.9. The van der Waals surface area contributed by atoms with Crippen LogP contribution < -0.4 is 24.9 Å². The number of hydrogen-bond acceptors (Lipinski definition) is 7. The zero-order valence-corrected chi connectivity index (χ0v) is 16.5. The highest BCUT2D eigenvalue weighted by Gasteiger charge is 2.10. The molecular formula is C20H15FN4O4S. The van der Waals surface area contributed by atoms with Gasteiger partial charge in [-0.05, 0) is 48.0 Å². The minimum Gasteiger partial charge on any atom is -0.493 e. The monoisotopic (exact) mass is 426 g/mol. The van der Waals surface area contributed by atoms with Crippen molar-refractivity contribution in [1.29, 1.82) is 0 Å². The lowest BCUT2D eigenvalue weighted by Gasteiger charge is -2.11. The number of hydrogen-bond donors (Lipinski definition) is 1. The van der Waals surface area contributed by atoms with E-state index in [1.165, 1.54) is 53.6 Å². The van der Waals surface area contributed by atoms with Crippen LogP contribution in [-0.4, -0.2) is 34.2 Å². The molecule has 0 radical (unpaired) electrons. The maximum atomic E-state index is 12.9. The number of ether oxygens (including phenoxy) is 2. The molecule has 0 unspecified atom stereocenters. The number of anilines is 1. The highest BCUT2D eigenvalue weighted by Crippen LogP contribution is 2.28. The number of carbonyl (C=O) groups excluding carboxylic acids is 1. The maximum absolute atomic E-state index is 12.9. The fraction of sp³-hybridized carbons (Fsp3) is 0.100. The lowest BCUT2D eigenvalue weighted by atomic mass is 10.2. The van der Waals surface area contributed by atoms with Crippen LogP contribution >= 0.6 is 11.3 Å². The summed E-state index contributed by atoms with van der Waals surface area (Å²) in [6, 6.07) is 10.5. The van der Waals surface area contributed by atoms with Crippen LogP contribution in [0, 0.1) is 5.82 Å². The van der Waals surface area contributed by atoms with Gasteiger partial charge in [0, 0.05) is 5.69 Å². The number of thiazole rings is 1. The Hall–Kier alpha value is -3.79. The Morgan fingerprint density at radius 1 is 1.23 bits per heavy atom. The number of nitrogens with zero attached hydrogens (tertiary/aromatic N) is 3. The Morgan fingerprint density at radius 2 is 2.03 bits per heavy atom. The molecule has 2 aromatic carbocycles. The van der Waals surface area contributed by atoms with Gasteiger partial charge in [-0.25, -0.2) is 9.37 Å². The predicted octanol–water partition coefficient (Wildman–Crippen LogP) is 1.86. The molecule has 1 amide bonds. The largest absolute Gasteiger partial charge is 0.493 e. The van der Waals surface area contributed by atoms with E-state index in [1.54, 1.807) is 24.3 Å². The van der Waals surface area contributed by atoms with Gasteiger partial charge < -0.3 is 14.8 Å². The van der Waals surface area contributed by atoms with Gasteiger partial charge in [-0.3, -0.25) is 9.59 Å². The molecule has 8 nitrogen and oxygen atoms in total. The van der Waals surface area contributed by atoms with Crippen molar-refractivity contribution in [2.75, 3.05) is 19.0 Å². The number of methoxy groups -OCH3 is 1. The first-order valence-corrected chi connectivity index (χ1v) is 9.55. The summed E-state index contributed by atoms with van der Waals surface area (Å²) in [5.41, 5.74) is 0.938. The normalized spacial score (nSPS) is 11.6. The fourth-order valence-electron chi connectivity index (χ4n) is 2.70. The second kappa shape index (κ2) is 8.29. The van der Waals surface area contributed by atoms with Crippen LogP contribution in [0.4, 0.5) is 10.1 Å². The van der Waals surface area contributed by atoms with Crippen LogP contribution in [0.15, 0.2) is 53.6 Å². The number of halogens is 1. The van der Waals surface area contributed by atoms with Crippen molar-refractivity contribution in [2.24, 2.45) is 0 Å². The van der Waals surface area contributed by atoms with E-state index in [1.807, 2.05) is 0 Å². The van der Waals surface area contributed by atoms with Gasteiger partial charge in [-0.2, -0.15) is 9.61 Å². The average Bonchev–Trinajstić information content (AvgIpc) is 3.32. The second-order valence-corrected chi connectivity index (χ2v) is 7.13. The van der Waals surface area contributed by atoms with Crippen LogP contribution in [0.2, 0.25) is 0 Å². The van der Waals surface area contributed by atoms with E-state index in [9.17, 15) is 14.0 Å². The standard InChI is InChI=1S/C20H15FN4O4S/c1-28-16-8-12(9-17-19(27)25-20(30-17)22-11-23-25)2-7-15(16)29-10-18(26)24-14-5-3-13(21)4-6-14/h2-9,11H,10H2,1H3,(H,24,26)/b17-9-. The Labute approximate surface area is 173 Å². The van der Waals surface area contributed by atoms with Crippen molar-refractivity contribution >= 4 is 34.0 Å². The van der Waals surface area contributed by atoms with Crippen molar-refractivity contribution in [3.05, 3.63) is 75.1 Å². The molecule has 4 aromatic rings. The number of rotatable bonds is 6. The van der Waals surface area contributed by atoms with E-state index in [2.05, 4.69) is 15.4 Å². The van der Waals surface area contributed by atoms with Crippen molar-refractivity contribution in [1.82, 2.24) is 14.6 Å². The average molecular weight is 426 g/mol. The topological polar surface area (TPSA) is 94.8 Å². The molecule has 4 rings (SSSR count). The van der Waals surface area contributed by atoms with Crippen LogP contribution in [-0.2, 0) is 4.79 Å². The smallest absolute Gasteiger partial charge is 0.291 e. The molecule has 0 bridgehead atoms. The molecular weight excluding hydrogens is 411 g/mol. The molecule has 0 fully saturated rings. The van der Waals surface area contributed by atoms with Crippen molar-refractivity contribution in [3.63, 3.8) is 0 Å². The minimum absolute atomic E-state index is 0.246. The molecule has 2 heterocycles. The molecule has 0 aliphatic rings. The van der Waals surface area contributed by atoms with Gasteiger partial charge in [0.25, 0.3) is 11.5 Å². The van der Waals surface area contributed by atoms with Gasteiger partial charge in [0.2, 0.25) is 4.96 Å². The summed E-state index contributed by atoms with van der Waals surface area (Å²) < 4.78 is 25.5. The van der Waals surface area contributed by atoms with Gasteiger partial charge in [0.05, 0.1) is 11.6 Å². The third-order valence-electron chi connectivity index (χ3n) is 4.09. The Morgan fingerprint density at radius 3 is 2.77 bits per heavy atom. The van der Waals surface area contributed by atoms with E-state index in [4.69, 9.17) is 9.47 Å². The molecule has 0 spiro atoms. The van der Waals surface area contributed by atoms with Crippen molar-refractivity contribution in [3.8, 4) is 11.5 Å². The molecule has 1 N–H and O–H groups in total. The third kappa shape index (κ3) is 4.13. The predicted molar refractivity (Wildman–Crippen MR) is 109 cm³/mol. The Kier molecular flexibility index (Phi) is 5.40. The highest BCUT2D eigenvalue weighted by atomic mass is 32.1. The van der Waals surface area contributed by atoms with E-state index in [0.717, 1.165) is 5.56 Å². The van der Waals surface area contributed by atoms with Crippen LogP contribution in [0.3, 0.4) is 0 Å². The number of aromatic nitrogens is 3. The van der Waals surface area contributed by atoms with Crippen LogP contribution in [0.1, 0.15) is 5.56 Å². The van der Waals surface area contributed by atoms with E-state index >= 15 is 0 Å². The highest BCUT2D eigenvalue weighted by molar-refractivity contribution is 7.15. The summed E-state index contributed by atoms with van der Waals surface area (Å²) >= 11 is 1.23. The van der Waals surface area contributed by atoms with Crippen LogP contribution in [0.25, 0.3) is 11.0 Å². The lowest BCUT2D eigenvalue weighted by Crippen LogP contribution is -2.23. The quantitative estimate of drug-likeness (QED) is 0.506. The first-order valence-electron chi connectivity index (χ1n) is 8.74. The van der Waals surface area contributed by atoms with Crippen molar-refractivity contribution in [2.45, 2.75) is 0 Å².